The van der Waals surface area contributed by atoms with Crippen molar-refractivity contribution in [2.45, 2.75) is 26.2 Å². The molecule has 1 aliphatic heterocycles. The third-order valence-electron chi connectivity index (χ3n) is 5.23. The molecule has 2 aromatic carbocycles. The number of primary amides is 1. The number of rotatable bonds is 4. The molecule has 0 saturated carbocycles. The van der Waals surface area contributed by atoms with Gasteiger partial charge >= 0.3 is 0 Å². The number of hydrogen-bond acceptors (Lipinski definition) is 3. The molecule has 1 atom stereocenters. The van der Waals surface area contributed by atoms with Crippen LogP contribution in [0.15, 0.2) is 42.5 Å². The van der Waals surface area contributed by atoms with Crippen LogP contribution in [-0.2, 0) is 0 Å². The third kappa shape index (κ3) is 4.30. The zero-order valence-electron chi connectivity index (χ0n) is 15.9. The molecule has 27 heavy (non-hydrogen) atoms. The molecule has 1 fully saturated rings. The van der Waals surface area contributed by atoms with Crippen LogP contribution in [0.2, 0.25) is 0 Å². The number of likely N-dealkylation sites (tertiary alicyclic amines) is 1. The number of amides is 2. The molecule has 3 rings (SSSR count). The Kier molecular flexibility index (Phi) is 5.79. The normalized spacial score (nSPS) is 17.3. The van der Waals surface area contributed by atoms with Crippen molar-refractivity contribution in [3.63, 3.8) is 0 Å². The Labute approximate surface area is 160 Å². The van der Waals surface area contributed by atoms with E-state index >= 15 is 0 Å². The minimum Gasteiger partial charge on any atom is -0.496 e. The third-order valence-corrected chi connectivity index (χ3v) is 5.23. The highest BCUT2D eigenvalue weighted by Gasteiger charge is 2.20. The standard InChI is InChI=1S/C22H26N2O3/c1-15-4-3-12-24(13-11-15)22(26)17-7-5-16(6-8-17)19-14-18(21(23)25)9-10-20(19)27-2/h5-10,14-15H,3-4,11-13H2,1-2H3,(H2,23,25). The molecule has 1 heterocycles. The molecule has 0 radical (unpaired) electrons. The van der Waals surface area contributed by atoms with Crippen molar-refractivity contribution in [2.75, 3.05) is 20.2 Å². The van der Waals surface area contributed by atoms with E-state index in [4.69, 9.17) is 10.5 Å². The molecule has 0 aromatic heterocycles. The van der Waals surface area contributed by atoms with E-state index in [9.17, 15) is 9.59 Å². The van der Waals surface area contributed by atoms with Crippen LogP contribution in [-0.4, -0.2) is 36.9 Å². The van der Waals surface area contributed by atoms with Crippen LogP contribution in [0.1, 0.15) is 46.9 Å². The fourth-order valence-corrected chi connectivity index (χ4v) is 3.53. The van der Waals surface area contributed by atoms with Crippen molar-refractivity contribution in [1.82, 2.24) is 4.90 Å². The van der Waals surface area contributed by atoms with Gasteiger partial charge in [0.2, 0.25) is 5.91 Å². The Morgan fingerprint density at radius 3 is 2.41 bits per heavy atom. The Bertz CT molecular complexity index is 830. The summed E-state index contributed by atoms with van der Waals surface area (Å²) in [4.78, 5) is 26.2. The second-order valence-electron chi connectivity index (χ2n) is 7.18. The van der Waals surface area contributed by atoms with E-state index in [0.717, 1.165) is 37.1 Å². The van der Waals surface area contributed by atoms with Crippen LogP contribution < -0.4 is 10.5 Å². The average molecular weight is 366 g/mol. The van der Waals surface area contributed by atoms with Gasteiger partial charge in [-0.1, -0.05) is 19.1 Å². The SMILES string of the molecule is COc1ccc(C(N)=O)cc1-c1ccc(C(=O)N2CCCC(C)CC2)cc1. The van der Waals surface area contributed by atoms with Gasteiger partial charge < -0.3 is 15.4 Å². The van der Waals surface area contributed by atoms with Gasteiger partial charge in [0, 0.05) is 29.8 Å². The van der Waals surface area contributed by atoms with Gasteiger partial charge in [-0.3, -0.25) is 9.59 Å². The van der Waals surface area contributed by atoms with Crippen LogP contribution in [0.4, 0.5) is 0 Å². The summed E-state index contributed by atoms with van der Waals surface area (Å²) in [5.74, 6) is 0.922. The minimum atomic E-state index is -0.485. The van der Waals surface area contributed by atoms with Crippen molar-refractivity contribution >= 4 is 11.8 Å². The number of nitrogens with zero attached hydrogens (tertiary/aromatic N) is 1. The molecule has 1 saturated heterocycles. The Morgan fingerprint density at radius 1 is 1.04 bits per heavy atom. The Morgan fingerprint density at radius 2 is 1.74 bits per heavy atom. The molecule has 0 bridgehead atoms. The molecule has 1 aliphatic rings. The summed E-state index contributed by atoms with van der Waals surface area (Å²) in [6.45, 7) is 3.88. The maximum Gasteiger partial charge on any atom is 0.253 e. The summed E-state index contributed by atoms with van der Waals surface area (Å²) in [5, 5.41) is 0. The van der Waals surface area contributed by atoms with Crippen molar-refractivity contribution < 1.29 is 14.3 Å². The monoisotopic (exact) mass is 366 g/mol. The van der Waals surface area contributed by atoms with E-state index in [2.05, 4.69) is 6.92 Å². The molecule has 0 spiro atoms. The second kappa shape index (κ2) is 8.25. The maximum absolute atomic E-state index is 12.8. The van der Waals surface area contributed by atoms with Crippen molar-refractivity contribution in [3.05, 3.63) is 53.6 Å². The van der Waals surface area contributed by atoms with Crippen LogP contribution in [0.3, 0.4) is 0 Å². The van der Waals surface area contributed by atoms with Crippen LogP contribution in [0.5, 0.6) is 5.75 Å². The van der Waals surface area contributed by atoms with E-state index < -0.39 is 5.91 Å². The van der Waals surface area contributed by atoms with Gasteiger partial charge in [0.1, 0.15) is 5.75 Å². The first-order chi connectivity index (χ1) is 13.0. The first kappa shape index (κ1) is 19.0. The number of methoxy groups -OCH3 is 1. The van der Waals surface area contributed by atoms with E-state index in [1.807, 2.05) is 29.2 Å². The first-order valence-corrected chi connectivity index (χ1v) is 9.37. The highest BCUT2D eigenvalue weighted by Crippen LogP contribution is 2.31. The van der Waals surface area contributed by atoms with E-state index in [0.29, 0.717) is 22.8 Å². The zero-order valence-corrected chi connectivity index (χ0v) is 15.9. The molecule has 2 aromatic rings. The van der Waals surface area contributed by atoms with Crippen LogP contribution >= 0.6 is 0 Å². The van der Waals surface area contributed by atoms with Crippen LogP contribution in [0.25, 0.3) is 11.1 Å². The van der Waals surface area contributed by atoms with E-state index in [1.54, 1.807) is 25.3 Å². The van der Waals surface area contributed by atoms with Gasteiger partial charge in [-0.2, -0.15) is 0 Å². The Balaban J connectivity index is 1.84. The zero-order chi connectivity index (χ0) is 19.4. The van der Waals surface area contributed by atoms with Gasteiger partial charge in [0.15, 0.2) is 0 Å². The molecule has 1 unspecified atom stereocenters. The quantitative estimate of drug-likeness (QED) is 0.896. The smallest absolute Gasteiger partial charge is 0.253 e. The molecule has 5 nitrogen and oxygen atoms in total. The van der Waals surface area contributed by atoms with Crippen molar-refractivity contribution in [3.8, 4) is 16.9 Å². The molecule has 5 heteroatoms. The topological polar surface area (TPSA) is 72.6 Å². The maximum atomic E-state index is 12.8. The van der Waals surface area contributed by atoms with Crippen molar-refractivity contribution in [2.24, 2.45) is 11.7 Å². The lowest BCUT2D eigenvalue weighted by molar-refractivity contribution is 0.0760. The fraction of sp³-hybridized carbons (Fsp3) is 0.364. The molecular formula is C22H26N2O3. The highest BCUT2D eigenvalue weighted by atomic mass is 16.5. The molecular weight excluding hydrogens is 340 g/mol. The van der Waals surface area contributed by atoms with Crippen LogP contribution in [0, 0.1) is 5.92 Å². The summed E-state index contributed by atoms with van der Waals surface area (Å²) < 4.78 is 5.40. The first-order valence-electron chi connectivity index (χ1n) is 9.37. The lowest BCUT2D eigenvalue weighted by Gasteiger charge is -2.20. The summed E-state index contributed by atoms with van der Waals surface area (Å²) in [7, 11) is 1.58. The van der Waals surface area contributed by atoms with Crippen molar-refractivity contribution in [1.29, 1.82) is 0 Å². The minimum absolute atomic E-state index is 0.0773. The predicted octanol–water partition coefficient (Wildman–Crippen LogP) is 3.72. The molecule has 142 valence electrons. The molecule has 0 aliphatic carbocycles. The second-order valence-corrected chi connectivity index (χ2v) is 7.18. The number of benzene rings is 2. The summed E-state index contributed by atoms with van der Waals surface area (Å²) in [6, 6.07) is 12.5. The highest BCUT2D eigenvalue weighted by molar-refractivity contribution is 5.96. The largest absolute Gasteiger partial charge is 0.496 e. The lowest BCUT2D eigenvalue weighted by Crippen LogP contribution is -2.31. The summed E-state index contributed by atoms with van der Waals surface area (Å²) >= 11 is 0. The molecule has 2 N–H and O–H groups in total. The predicted molar refractivity (Wildman–Crippen MR) is 106 cm³/mol. The average Bonchev–Trinajstić information content (AvgIpc) is 2.91. The summed E-state index contributed by atoms with van der Waals surface area (Å²) in [5.41, 5.74) is 8.14. The summed E-state index contributed by atoms with van der Waals surface area (Å²) in [6.07, 6.45) is 3.29. The van der Waals surface area contributed by atoms with Gasteiger partial charge in [-0.25, -0.2) is 0 Å². The number of nitrogens with two attached hydrogens (primary N) is 1. The molecule has 2 amide bonds. The lowest BCUT2D eigenvalue weighted by atomic mass is 10.00. The number of carbonyl (C=O) groups is 2. The van der Waals surface area contributed by atoms with Gasteiger partial charge in [0.05, 0.1) is 7.11 Å². The van der Waals surface area contributed by atoms with Gasteiger partial charge in [-0.05, 0) is 61.1 Å². The van der Waals surface area contributed by atoms with E-state index in [1.165, 1.54) is 6.42 Å². The Hall–Kier alpha value is -2.82. The fourth-order valence-electron chi connectivity index (χ4n) is 3.53. The van der Waals surface area contributed by atoms with Gasteiger partial charge in [-0.15, -0.1) is 0 Å². The van der Waals surface area contributed by atoms with Gasteiger partial charge in [0.25, 0.3) is 5.91 Å². The van der Waals surface area contributed by atoms with E-state index in [-0.39, 0.29) is 5.91 Å². The number of carbonyl (C=O) groups excluding carboxylic acids is 2. The number of hydrogen-bond donors (Lipinski definition) is 1. The number of ether oxygens (including phenoxy) is 1.